The molecule has 1 aromatic rings. The van der Waals surface area contributed by atoms with E-state index in [1.165, 1.54) is 0 Å². The first-order valence-electron chi connectivity index (χ1n) is 7.40. The van der Waals surface area contributed by atoms with Gasteiger partial charge < -0.3 is 14.8 Å². The number of carbonyl (C=O) groups is 1. The Morgan fingerprint density at radius 2 is 1.90 bits per heavy atom. The molecule has 1 aliphatic carbocycles. The Bertz CT molecular complexity index is 440. The SMILES string of the molecule is CN(CC1(O)CCCC1)CC(C)(C=O)c1ccccc1. The van der Waals surface area contributed by atoms with Crippen molar-refractivity contribution in [3.8, 4) is 0 Å². The predicted molar refractivity (Wildman–Crippen MR) is 80.8 cm³/mol. The van der Waals surface area contributed by atoms with E-state index in [4.69, 9.17) is 0 Å². The molecule has 1 aromatic carbocycles. The fourth-order valence-corrected chi connectivity index (χ4v) is 3.33. The highest BCUT2D eigenvalue weighted by molar-refractivity contribution is 5.68. The van der Waals surface area contributed by atoms with E-state index in [1.54, 1.807) is 0 Å². The van der Waals surface area contributed by atoms with Crippen LogP contribution in [0.5, 0.6) is 0 Å². The van der Waals surface area contributed by atoms with E-state index in [2.05, 4.69) is 4.90 Å². The lowest BCUT2D eigenvalue weighted by Crippen LogP contribution is -2.45. The molecule has 0 amide bonds. The summed E-state index contributed by atoms with van der Waals surface area (Å²) in [4.78, 5) is 13.7. The van der Waals surface area contributed by atoms with E-state index in [0.29, 0.717) is 13.1 Å². The van der Waals surface area contributed by atoms with Crippen LogP contribution in [0.15, 0.2) is 30.3 Å². The van der Waals surface area contributed by atoms with Crippen molar-refractivity contribution in [2.75, 3.05) is 20.1 Å². The number of rotatable bonds is 6. The maximum Gasteiger partial charge on any atom is 0.131 e. The summed E-state index contributed by atoms with van der Waals surface area (Å²) >= 11 is 0. The number of hydrogen-bond donors (Lipinski definition) is 1. The van der Waals surface area contributed by atoms with Crippen LogP contribution < -0.4 is 0 Å². The minimum atomic E-state index is -0.560. The first kappa shape index (κ1) is 15.2. The highest BCUT2D eigenvalue weighted by Crippen LogP contribution is 2.31. The predicted octanol–water partition coefficient (Wildman–Crippen LogP) is 2.38. The molecule has 0 aromatic heterocycles. The summed E-state index contributed by atoms with van der Waals surface area (Å²) in [5.74, 6) is 0. The molecule has 0 heterocycles. The topological polar surface area (TPSA) is 40.5 Å². The van der Waals surface area contributed by atoms with E-state index in [-0.39, 0.29) is 0 Å². The average Bonchev–Trinajstić information content (AvgIpc) is 2.85. The Morgan fingerprint density at radius 3 is 2.45 bits per heavy atom. The second-order valence-electron chi connectivity index (χ2n) is 6.51. The van der Waals surface area contributed by atoms with Crippen molar-refractivity contribution in [3.05, 3.63) is 35.9 Å². The smallest absolute Gasteiger partial charge is 0.131 e. The molecule has 1 saturated carbocycles. The lowest BCUT2D eigenvalue weighted by atomic mass is 9.83. The van der Waals surface area contributed by atoms with Crippen molar-refractivity contribution >= 4 is 6.29 Å². The van der Waals surface area contributed by atoms with E-state index in [0.717, 1.165) is 37.5 Å². The van der Waals surface area contributed by atoms with E-state index < -0.39 is 11.0 Å². The number of hydrogen-bond acceptors (Lipinski definition) is 3. The molecular weight excluding hydrogens is 250 g/mol. The molecule has 110 valence electrons. The van der Waals surface area contributed by atoms with Gasteiger partial charge >= 0.3 is 0 Å². The van der Waals surface area contributed by atoms with Crippen LogP contribution in [-0.2, 0) is 10.2 Å². The molecule has 0 bridgehead atoms. The summed E-state index contributed by atoms with van der Waals surface area (Å²) in [6.07, 6.45) is 4.99. The molecule has 0 aliphatic heterocycles. The van der Waals surface area contributed by atoms with Gasteiger partial charge in [-0.1, -0.05) is 43.2 Å². The maximum absolute atomic E-state index is 11.6. The van der Waals surface area contributed by atoms with Gasteiger partial charge in [0.2, 0.25) is 0 Å². The molecule has 0 saturated heterocycles. The van der Waals surface area contributed by atoms with Crippen LogP contribution in [0.3, 0.4) is 0 Å². The molecule has 1 aliphatic rings. The van der Waals surface area contributed by atoms with Gasteiger partial charge in [-0.15, -0.1) is 0 Å². The molecule has 1 N–H and O–H groups in total. The zero-order valence-corrected chi connectivity index (χ0v) is 12.5. The minimum absolute atomic E-state index is 0.523. The van der Waals surface area contributed by atoms with Crippen molar-refractivity contribution in [2.45, 2.75) is 43.6 Å². The third-order valence-electron chi connectivity index (χ3n) is 4.39. The maximum atomic E-state index is 11.6. The second-order valence-corrected chi connectivity index (χ2v) is 6.51. The Hall–Kier alpha value is -1.19. The van der Waals surface area contributed by atoms with Crippen LogP contribution >= 0.6 is 0 Å². The molecule has 1 unspecified atom stereocenters. The normalized spacial score (nSPS) is 20.8. The Balaban J connectivity index is 2.04. The van der Waals surface area contributed by atoms with Crippen LogP contribution in [-0.4, -0.2) is 42.0 Å². The van der Waals surface area contributed by atoms with Crippen molar-refractivity contribution in [3.63, 3.8) is 0 Å². The van der Waals surface area contributed by atoms with Crippen molar-refractivity contribution in [2.24, 2.45) is 0 Å². The number of carbonyl (C=O) groups excluding carboxylic acids is 1. The summed E-state index contributed by atoms with van der Waals surface area (Å²) in [7, 11) is 1.99. The first-order chi connectivity index (χ1) is 9.47. The van der Waals surface area contributed by atoms with Gasteiger partial charge in [0.05, 0.1) is 11.0 Å². The molecule has 1 fully saturated rings. The van der Waals surface area contributed by atoms with Crippen molar-refractivity contribution in [1.29, 1.82) is 0 Å². The van der Waals surface area contributed by atoms with Crippen LogP contribution in [0, 0.1) is 0 Å². The number of benzene rings is 1. The lowest BCUT2D eigenvalue weighted by molar-refractivity contribution is -0.113. The lowest BCUT2D eigenvalue weighted by Gasteiger charge is -2.34. The Labute approximate surface area is 121 Å². The van der Waals surface area contributed by atoms with E-state index in [9.17, 15) is 9.90 Å². The third kappa shape index (κ3) is 3.47. The standard InChI is InChI=1S/C17H25NO2/c1-16(14-19,15-8-4-3-5-9-15)12-18(2)13-17(20)10-6-7-11-17/h3-5,8-9,14,20H,6-7,10-13H2,1-2H3. The van der Waals surface area contributed by atoms with Crippen LogP contribution in [0.25, 0.3) is 0 Å². The summed E-state index contributed by atoms with van der Waals surface area (Å²) in [5.41, 5.74) is -0.0551. The first-order valence-corrected chi connectivity index (χ1v) is 7.40. The van der Waals surface area contributed by atoms with Crippen LogP contribution in [0.2, 0.25) is 0 Å². The van der Waals surface area contributed by atoms with E-state index >= 15 is 0 Å². The van der Waals surface area contributed by atoms with Gasteiger partial charge in [0.15, 0.2) is 0 Å². The van der Waals surface area contributed by atoms with Gasteiger partial charge in [0, 0.05) is 13.1 Å². The van der Waals surface area contributed by atoms with Crippen LogP contribution in [0.4, 0.5) is 0 Å². The van der Waals surface area contributed by atoms with E-state index in [1.807, 2.05) is 44.3 Å². The number of nitrogens with zero attached hydrogens (tertiary/aromatic N) is 1. The van der Waals surface area contributed by atoms with Crippen molar-refractivity contribution < 1.29 is 9.90 Å². The van der Waals surface area contributed by atoms with Gasteiger partial charge in [-0.25, -0.2) is 0 Å². The summed E-state index contributed by atoms with van der Waals surface area (Å²) < 4.78 is 0. The Kier molecular flexibility index (Phi) is 4.61. The zero-order valence-electron chi connectivity index (χ0n) is 12.5. The molecule has 3 heteroatoms. The third-order valence-corrected chi connectivity index (χ3v) is 4.39. The largest absolute Gasteiger partial charge is 0.389 e. The summed E-state index contributed by atoms with van der Waals surface area (Å²) in [6, 6.07) is 9.86. The number of likely N-dealkylation sites (N-methyl/N-ethyl adjacent to an activating group) is 1. The van der Waals surface area contributed by atoms with Crippen molar-refractivity contribution in [1.82, 2.24) is 4.90 Å². The molecule has 3 nitrogen and oxygen atoms in total. The molecule has 0 spiro atoms. The molecular formula is C17H25NO2. The molecule has 1 atom stereocenters. The number of aliphatic hydroxyl groups is 1. The average molecular weight is 275 g/mol. The Morgan fingerprint density at radius 1 is 1.30 bits per heavy atom. The fourth-order valence-electron chi connectivity index (χ4n) is 3.33. The van der Waals surface area contributed by atoms with Gasteiger partial charge in [-0.3, -0.25) is 0 Å². The van der Waals surface area contributed by atoms with Gasteiger partial charge in [-0.2, -0.15) is 0 Å². The highest BCUT2D eigenvalue weighted by atomic mass is 16.3. The quantitative estimate of drug-likeness (QED) is 0.810. The number of aldehydes is 1. The monoisotopic (exact) mass is 275 g/mol. The minimum Gasteiger partial charge on any atom is -0.389 e. The molecule has 2 rings (SSSR count). The van der Waals surface area contributed by atoms with Gasteiger partial charge in [0.25, 0.3) is 0 Å². The fraction of sp³-hybridized carbons (Fsp3) is 0.588. The second kappa shape index (κ2) is 6.06. The van der Waals surface area contributed by atoms with Crippen LogP contribution in [0.1, 0.15) is 38.2 Å². The highest BCUT2D eigenvalue weighted by Gasteiger charge is 2.35. The zero-order chi connectivity index (χ0) is 14.6. The summed E-state index contributed by atoms with van der Waals surface area (Å²) in [5, 5.41) is 10.5. The van der Waals surface area contributed by atoms with Gasteiger partial charge in [-0.05, 0) is 32.4 Å². The molecule has 0 radical (unpaired) electrons. The summed E-state index contributed by atoms with van der Waals surface area (Å²) in [6.45, 7) is 3.23. The molecule has 20 heavy (non-hydrogen) atoms. The van der Waals surface area contributed by atoms with Gasteiger partial charge in [0.1, 0.15) is 6.29 Å².